The molecule has 0 bridgehead atoms. The fourth-order valence-electron chi connectivity index (χ4n) is 6.04. The molecule has 0 saturated carbocycles. The number of fused-ring (bicyclic) bond motifs is 1. The van der Waals surface area contributed by atoms with Gasteiger partial charge in [-0.2, -0.15) is 11.3 Å². The lowest BCUT2D eigenvalue weighted by Gasteiger charge is -2.41. The van der Waals surface area contributed by atoms with Gasteiger partial charge in [-0.15, -0.1) is 11.8 Å². The van der Waals surface area contributed by atoms with Gasteiger partial charge < -0.3 is 5.32 Å². The van der Waals surface area contributed by atoms with Gasteiger partial charge in [-0.3, -0.25) is 9.78 Å². The lowest BCUT2D eigenvalue weighted by Crippen LogP contribution is -2.55. The molecule has 2 aliphatic rings. The van der Waals surface area contributed by atoms with Crippen molar-refractivity contribution in [1.82, 2.24) is 10.3 Å². The Bertz CT molecular complexity index is 1520. The first-order valence-electron chi connectivity index (χ1n) is 13.4. The highest BCUT2D eigenvalue weighted by Gasteiger charge is 2.46. The standard InChI is InChI=1S/C33H31FN2OS2.H2/c1-21-7-3-4-11-29(21)39-31-22(2)19-33(36-32(31)37,25-15-16-38-20-25)30-12-6-10-27(35-30)17-24-9-5-8-23-13-14-26(34)18-28(23)24;/h3-4,6-7,10-16,18,20,24,31H,2,5,8-9,17,19H2,1H3,(H,36,37);1H. The van der Waals surface area contributed by atoms with Gasteiger partial charge in [0.05, 0.1) is 5.69 Å². The van der Waals surface area contributed by atoms with Crippen molar-refractivity contribution in [2.24, 2.45) is 0 Å². The maximum absolute atomic E-state index is 14.1. The van der Waals surface area contributed by atoms with Gasteiger partial charge >= 0.3 is 0 Å². The minimum absolute atomic E-state index is 0. The number of nitrogens with one attached hydrogen (secondary N) is 1. The minimum Gasteiger partial charge on any atom is -0.339 e. The molecule has 6 heteroatoms. The summed E-state index contributed by atoms with van der Waals surface area (Å²) < 4.78 is 14.1. The second kappa shape index (κ2) is 10.7. The Morgan fingerprint density at radius 1 is 1.18 bits per heavy atom. The van der Waals surface area contributed by atoms with Gasteiger partial charge in [-0.05, 0) is 108 Å². The molecule has 200 valence electrons. The maximum atomic E-state index is 14.1. The molecule has 3 nitrogen and oxygen atoms in total. The third-order valence-corrected chi connectivity index (χ3v) is 10.2. The largest absolute Gasteiger partial charge is 0.339 e. The zero-order chi connectivity index (χ0) is 27.0. The van der Waals surface area contributed by atoms with Crippen LogP contribution in [-0.2, 0) is 23.2 Å². The van der Waals surface area contributed by atoms with E-state index in [1.165, 1.54) is 5.56 Å². The summed E-state index contributed by atoms with van der Waals surface area (Å²) in [7, 11) is 0. The first-order chi connectivity index (χ1) is 18.9. The summed E-state index contributed by atoms with van der Waals surface area (Å²) in [6.07, 6.45) is 4.43. The second-order valence-electron chi connectivity index (χ2n) is 10.7. The number of carbonyl (C=O) groups is 1. The molecule has 3 unspecified atom stereocenters. The highest BCUT2D eigenvalue weighted by molar-refractivity contribution is 8.00. The van der Waals surface area contributed by atoms with E-state index in [1.807, 2.05) is 35.7 Å². The van der Waals surface area contributed by atoms with Gasteiger partial charge in [0, 0.05) is 18.4 Å². The number of hydrogen-bond acceptors (Lipinski definition) is 4. The van der Waals surface area contributed by atoms with Crippen LogP contribution in [0.2, 0.25) is 0 Å². The maximum Gasteiger partial charge on any atom is 0.238 e. The van der Waals surface area contributed by atoms with Crippen molar-refractivity contribution in [2.45, 2.75) is 60.6 Å². The van der Waals surface area contributed by atoms with Crippen molar-refractivity contribution in [3.63, 3.8) is 0 Å². The predicted octanol–water partition coefficient (Wildman–Crippen LogP) is 7.98. The Labute approximate surface area is 239 Å². The molecule has 1 saturated heterocycles. The summed E-state index contributed by atoms with van der Waals surface area (Å²) in [4.78, 5) is 20.0. The molecule has 4 aromatic rings. The number of carbonyl (C=O) groups excluding carboxylic acids is 1. The van der Waals surface area contributed by atoms with E-state index in [9.17, 15) is 9.18 Å². The van der Waals surface area contributed by atoms with Crippen molar-refractivity contribution in [3.05, 3.63) is 129 Å². The smallest absolute Gasteiger partial charge is 0.238 e. The van der Waals surface area contributed by atoms with Crippen molar-refractivity contribution in [3.8, 4) is 0 Å². The lowest BCUT2D eigenvalue weighted by atomic mass is 9.78. The van der Waals surface area contributed by atoms with E-state index < -0.39 is 5.54 Å². The van der Waals surface area contributed by atoms with E-state index in [2.05, 4.69) is 48.5 Å². The summed E-state index contributed by atoms with van der Waals surface area (Å²) in [5, 5.41) is 7.16. The lowest BCUT2D eigenvalue weighted by molar-refractivity contribution is -0.122. The fourth-order valence-corrected chi connectivity index (χ4v) is 7.85. The topological polar surface area (TPSA) is 42.0 Å². The summed E-state index contributed by atoms with van der Waals surface area (Å²) >= 11 is 3.17. The van der Waals surface area contributed by atoms with Crippen LogP contribution >= 0.6 is 23.1 Å². The van der Waals surface area contributed by atoms with E-state index in [0.29, 0.717) is 6.42 Å². The van der Waals surface area contributed by atoms with Crippen LogP contribution in [0.4, 0.5) is 4.39 Å². The summed E-state index contributed by atoms with van der Waals surface area (Å²) in [5.74, 6) is 0.00464. The average Bonchev–Trinajstić information content (AvgIpc) is 3.48. The van der Waals surface area contributed by atoms with Crippen molar-refractivity contribution < 1.29 is 10.6 Å². The van der Waals surface area contributed by atoms with E-state index >= 15 is 0 Å². The Hall–Kier alpha value is -3.22. The SMILES string of the molecule is C=C1CC(c2ccsc2)(c2cccc(CC3CCCc4ccc(F)cc43)n2)NC(=O)C1Sc1ccccc1C.[HH]. The molecule has 1 aliphatic carbocycles. The summed E-state index contributed by atoms with van der Waals surface area (Å²) in [6.45, 7) is 6.48. The van der Waals surface area contributed by atoms with Gasteiger partial charge in [-0.1, -0.05) is 42.5 Å². The molecular weight excluding hydrogens is 524 g/mol. The number of amides is 1. The van der Waals surface area contributed by atoms with E-state index in [0.717, 1.165) is 64.2 Å². The quantitative estimate of drug-likeness (QED) is 0.245. The van der Waals surface area contributed by atoms with Crippen LogP contribution in [0.5, 0.6) is 0 Å². The number of hydrogen-bond donors (Lipinski definition) is 1. The molecule has 1 amide bonds. The molecule has 2 aromatic carbocycles. The molecule has 39 heavy (non-hydrogen) atoms. The van der Waals surface area contributed by atoms with Crippen LogP contribution in [0.15, 0.2) is 94.5 Å². The Morgan fingerprint density at radius 2 is 2.05 bits per heavy atom. The van der Waals surface area contributed by atoms with E-state index in [-0.39, 0.29) is 24.3 Å². The normalized spacial score (nSPS) is 22.8. The number of thioether (sulfide) groups is 1. The first kappa shape index (κ1) is 26.0. The van der Waals surface area contributed by atoms with Crippen LogP contribution < -0.4 is 5.32 Å². The molecule has 1 fully saturated rings. The first-order valence-corrected chi connectivity index (χ1v) is 15.2. The highest BCUT2D eigenvalue weighted by atomic mass is 32.2. The number of aryl methyl sites for hydroxylation is 2. The molecule has 1 aliphatic heterocycles. The molecular formula is C33H33FN2OS2. The molecule has 3 heterocycles. The van der Waals surface area contributed by atoms with Gasteiger partial charge in [0.25, 0.3) is 0 Å². The van der Waals surface area contributed by atoms with Crippen molar-refractivity contribution >= 4 is 29.0 Å². The van der Waals surface area contributed by atoms with Gasteiger partial charge in [-0.25, -0.2) is 4.39 Å². The Balaban J connectivity index is 0.00000323. The molecule has 1 N–H and O–H groups in total. The molecule has 0 spiro atoms. The number of halogens is 1. The number of pyridine rings is 1. The van der Waals surface area contributed by atoms with Gasteiger partial charge in [0.2, 0.25) is 5.91 Å². The molecule has 6 rings (SSSR count). The highest BCUT2D eigenvalue weighted by Crippen LogP contribution is 2.44. The fraction of sp³-hybridized carbons (Fsp3) is 0.273. The van der Waals surface area contributed by atoms with Gasteiger partial charge in [0.15, 0.2) is 0 Å². The van der Waals surface area contributed by atoms with Gasteiger partial charge in [0.1, 0.15) is 16.6 Å². The zero-order valence-corrected chi connectivity index (χ0v) is 23.6. The van der Waals surface area contributed by atoms with Crippen LogP contribution in [-0.4, -0.2) is 16.1 Å². The summed E-state index contributed by atoms with van der Waals surface area (Å²) in [5.41, 5.74) is 6.42. The molecule has 0 radical (unpaired) electrons. The second-order valence-corrected chi connectivity index (χ2v) is 12.6. The zero-order valence-electron chi connectivity index (χ0n) is 22.0. The van der Waals surface area contributed by atoms with Crippen molar-refractivity contribution in [2.75, 3.05) is 0 Å². The summed E-state index contributed by atoms with van der Waals surface area (Å²) in [6, 6.07) is 21.5. The third kappa shape index (κ3) is 5.08. The number of aromatic nitrogens is 1. The van der Waals surface area contributed by atoms with Crippen LogP contribution in [0.3, 0.4) is 0 Å². The molecule has 2 aromatic heterocycles. The number of thiophene rings is 1. The number of rotatable bonds is 6. The average molecular weight is 557 g/mol. The van der Waals surface area contributed by atoms with E-state index in [4.69, 9.17) is 4.98 Å². The molecule has 3 atom stereocenters. The predicted molar refractivity (Wildman–Crippen MR) is 160 cm³/mol. The van der Waals surface area contributed by atoms with E-state index in [1.54, 1.807) is 35.2 Å². The third-order valence-electron chi connectivity index (χ3n) is 8.04. The number of nitrogens with zero attached hydrogens (tertiary/aromatic N) is 1. The van der Waals surface area contributed by atoms with Crippen LogP contribution in [0, 0.1) is 12.7 Å². The van der Waals surface area contributed by atoms with Crippen LogP contribution in [0.25, 0.3) is 0 Å². The van der Waals surface area contributed by atoms with Crippen LogP contribution in [0.1, 0.15) is 60.2 Å². The number of benzene rings is 2. The monoisotopic (exact) mass is 556 g/mol. The minimum atomic E-state index is -0.774. The van der Waals surface area contributed by atoms with Crippen molar-refractivity contribution in [1.29, 1.82) is 0 Å². The number of piperidine rings is 1. The Kier molecular flexibility index (Phi) is 7.17. The Morgan fingerprint density at radius 3 is 2.85 bits per heavy atom.